The molecular weight excluding hydrogens is 300 g/mol. The Balaban J connectivity index is 2.02. The van der Waals surface area contributed by atoms with Crippen LogP contribution in [-0.2, 0) is 15.9 Å². The normalized spacial score (nSPS) is 21.0. The highest BCUT2D eigenvalue weighted by Gasteiger charge is 2.33. The van der Waals surface area contributed by atoms with E-state index >= 15 is 0 Å². The number of carbonyl (C=O) groups excluding carboxylic acids is 1. The molecule has 1 aliphatic heterocycles. The van der Waals surface area contributed by atoms with Crippen molar-refractivity contribution >= 4 is 16.4 Å². The van der Waals surface area contributed by atoms with E-state index in [1.54, 1.807) is 18.2 Å². The number of hydrogen-bond acceptors (Lipinski definition) is 5. The van der Waals surface area contributed by atoms with Crippen molar-refractivity contribution in [1.82, 2.24) is 0 Å². The predicted octanol–water partition coefficient (Wildman–Crippen LogP) is 2.96. The number of methoxy groups -OCH3 is 1. The molecule has 2 rings (SSSR count). The Labute approximate surface area is 133 Å². The van der Waals surface area contributed by atoms with Gasteiger partial charge in [-0.2, -0.15) is 0 Å². The molecule has 117 valence electrons. The SMILES string of the molecule is C=CCc1ccc(OC(=O)OC2([Si])CCCCO2)c(OC)c1. The average molecular weight is 319 g/mol. The van der Waals surface area contributed by atoms with Crippen molar-refractivity contribution in [3.63, 3.8) is 0 Å². The molecule has 0 bridgehead atoms. The van der Waals surface area contributed by atoms with E-state index in [4.69, 9.17) is 18.9 Å². The fourth-order valence-corrected chi connectivity index (χ4v) is 2.55. The Morgan fingerprint density at radius 2 is 2.27 bits per heavy atom. The largest absolute Gasteiger partial charge is 0.516 e. The molecule has 6 heteroatoms. The van der Waals surface area contributed by atoms with Gasteiger partial charge in [-0.3, -0.25) is 0 Å². The third-order valence-electron chi connectivity index (χ3n) is 3.29. The van der Waals surface area contributed by atoms with Gasteiger partial charge in [0.25, 0.3) is 0 Å². The molecule has 1 aromatic carbocycles. The minimum atomic E-state index is -1.11. The molecule has 0 aromatic heterocycles. The van der Waals surface area contributed by atoms with E-state index in [0.717, 1.165) is 18.4 Å². The first-order valence-corrected chi connectivity index (χ1v) is 7.64. The van der Waals surface area contributed by atoms with Crippen molar-refractivity contribution in [2.75, 3.05) is 13.7 Å². The predicted molar refractivity (Wildman–Crippen MR) is 82.3 cm³/mol. The fraction of sp³-hybridized carbons (Fsp3) is 0.438. The van der Waals surface area contributed by atoms with E-state index in [0.29, 0.717) is 30.9 Å². The minimum absolute atomic E-state index is 0.298. The van der Waals surface area contributed by atoms with Crippen molar-refractivity contribution in [1.29, 1.82) is 0 Å². The summed E-state index contributed by atoms with van der Waals surface area (Å²) in [5, 5.41) is 0. The van der Waals surface area contributed by atoms with Gasteiger partial charge in [-0.05, 0) is 37.0 Å². The zero-order valence-electron chi connectivity index (χ0n) is 12.6. The monoisotopic (exact) mass is 319 g/mol. The Kier molecular flexibility index (Phi) is 5.62. The van der Waals surface area contributed by atoms with Crippen LogP contribution in [0.5, 0.6) is 11.5 Å². The van der Waals surface area contributed by atoms with Crippen LogP contribution in [0, 0.1) is 0 Å². The van der Waals surface area contributed by atoms with Gasteiger partial charge in [0.05, 0.1) is 13.7 Å². The Morgan fingerprint density at radius 1 is 1.45 bits per heavy atom. The Morgan fingerprint density at radius 3 is 2.91 bits per heavy atom. The highest BCUT2D eigenvalue weighted by Crippen LogP contribution is 2.30. The van der Waals surface area contributed by atoms with Gasteiger partial charge in [-0.1, -0.05) is 12.1 Å². The molecule has 1 aromatic rings. The lowest BCUT2D eigenvalue weighted by Gasteiger charge is -2.32. The second-order valence-corrected chi connectivity index (χ2v) is 5.75. The number of allylic oxidation sites excluding steroid dienone is 1. The molecule has 0 spiro atoms. The number of carbonyl (C=O) groups is 1. The van der Waals surface area contributed by atoms with Gasteiger partial charge >= 0.3 is 6.16 Å². The quantitative estimate of drug-likeness (QED) is 0.361. The van der Waals surface area contributed by atoms with E-state index in [-0.39, 0.29) is 0 Å². The van der Waals surface area contributed by atoms with E-state index in [1.165, 1.54) is 7.11 Å². The molecule has 1 atom stereocenters. The van der Waals surface area contributed by atoms with Crippen LogP contribution in [-0.4, -0.2) is 35.5 Å². The third kappa shape index (κ3) is 4.35. The van der Waals surface area contributed by atoms with Gasteiger partial charge < -0.3 is 18.9 Å². The lowest BCUT2D eigenvalue weighted by atomic mass is 10.1. The summed E-state index contributed by atoms with van der Waals surface area (Å²) >= 11 is 0. The summed E-state index contributed by atoms with van der Waals surface area (Å²) < 4.78 is 21.1. The lowest BCUT2D eigenvalue weighted by molar-refractivity contribution is -0.170. The molecule has 1 fully saturated rings. The van der Waals surface area contributed by atoms with Gasteiger partial charge in [0.15, 0.2) is 16.9 Å². The average Bonchev–Trinajstić information content (AvgIpc) is 2.49. The number of rotatable bonds is 5. The summed E-state index contributed by atoms with van der Waals surface area (Å²) in [7, 11) is 4.86. The molecule has 0 saturated carbocycles. The maximum atomic E-state index is 11.9. The van der Waals surface area contributed by atoms with Crippen molar-refractivity contribution in [3.8, 4) is 11.5 Å². The van der Waals surface area contributed by atoms with Crippen LogP contribution in [0.25, 0.3) is 0 Å². The van der Waals surface area contributed by atoms with E-state index in [2.05, 4.69) is 16.8 Å². The van der Waals surface area contributed by atoms with Gasteiger partial charge in [-0.25, -0.2) is 4.79 Å². The molecule has 1 saturated heterocycles. The lowest BCUT2D eigenvalue weighted by Crippen LogP contribution is -2.42. The fourth-order valence-electron chi connectivity index (χ4n) is 2.18. The van der Waals surface area contributed by atoms with Crippen LogP contribution >= 0.6 is 0 Å². The van der Waals surface area contributed by atoms with Gasteiger partial charge in [-0.15, -0.1) is 6.58 Å². The third-order valence-corrected chi connectivity index (χ3v) is 3.78. The van der Waals surface area contributed by atoms with Crippen LogP contribution in [0.4, 0.5) is 4.79 Å². The van der Waals surface area contributed by atoms with E-state index < -0.39 is 11.6 Å². The Hall–Kier alpha value is -1.79. The molecule has 3 radical (unpaired) electrons. The first kappa shape index (κ1) is 16.6. The smallest absolute Gasteiger partial charge is 0.493 e. The van der Waals surface area contributed by atoms with Crippen molar-refractivity contribution in [2.45, 2.75) is 31.1 Å². The summed E-state index contributed by atoms with van der Waals surface area (Å²) in [4.78, 5) is 11.9. The topological polar surface area (TPSA) is 54.0 Å². The Bertz CT molecular complexity index is 537. The maximum absolute atomic E-state index is 11.9. The molecule has 22 heavy (non-hydrogen) atoms. The first-order valence-electron chi connectivity index (χ1n) is 7.14. The van der Waals surface area contributed by atoms with Crippen LogP contribution in [0.15, 0.2) is 30.9 Å². The molecular formula is C16H19O5Si. The molecule has 1 unspecified atom stereocenters. The highest BCUT2D eigenvalue weighted by atomic mass is 28.1. The molecule has 0 aliphatic carbocycles. The summed E-state index contributed by atoms with van der Waals surface area (Å²) in [6, 6.07) is 5.30. The zero-order valence-corrected chi connectivity index (χ0v) is 13.6. The van der Waals surface area contributed by atoms with Gasteiger partial charge in [0, 0.05) is 6.42 Å². The summed E-state index contributed by atoms with van der Waals surface area (Å²) in [6.07, 6.45) is 4.09. The number of benzene rings is 1. The zero-order chi connectivity index (χ0) is 16.0. The van der Waals surface area contributed by atoms with Crippen molar-refractivity contribution < 1.29 is 23.7 Å². The highest BCUT2D eigenvalue weighted by molar-refractivity contribution is 6.14. The molecule has 0 N–H and O–H groups in total. The summed E-state index contributed by atoms with van der Waals surface area (Å²) in [6.45, 7) is 4.23. The maximum Gasteiger partial charge on any atom is 0.516 e. The van der Waals surface area contributed by atoms with Crippen LogP contribution in [0.2, 0.25) is 0 Å². The van der Waals surface area contributed by atoms with Crippen LogP contribution < -0.4 is 9.47 Å². The number of ether oxygens (including phenoxy) is 4. The van der Waals surface area contributed by atoms with Crippen molar-refractivity contribution in [2.24, 2.45) is 0 Å². The van der Waals surface area contributed by atoms with Crippen molar-refractivity contribution in [3.05, 3.63) is 36.4 Å². The molecule has 5 nitrogen and oxygen atoms in total. The summed E-state index contributed by atoms with van der Waals surface area (Å²) in [5.41, 5.74) is -0.0921. The first-order chi connectivity index (χ1) is 10.6. The van der Waals surface area contributed by atoms with E-state index in [1.807, 2.05) is 6.07 Å². The minimum Gasteiger partial charge on any atom is -0.493 e. The molecule has 1 heterocycles. The van der Waals surface area contributed by atoms with Gasteiger partial charge in [0.2, 0.25) is 0 Å². The standard InChI is InChI=1S/C16H19O5Si/c1-3-6-12-7-8-13(14(11-12)18-2)20-15(17)21-16(22)9-4-5-10-19-16/h3,7-8,11H,1,4-6,9-10H2,2H3. The second kappa shape index (κ2) is 7.46. The molecule has 0 amide bonds. The second-order valence-electron chi connectivity index (χ2n) is 4.99. The van der Waals surface area contributed by atoms with Crippen LogP contribution in [0.1, 0.15) is 24.8 Å². The summed E-state index contributed by atoms with van der Waals surface area (Å²) in [5.74, 6) is 0.760. The van der Waals surface area contributed by atoms with Gasteiger partial charge in [0.1, 0.15) is 10.2 Å². The number of hydrogen-bond donors (Lipinski definition) is 0. The molecule has 1 aliphatic rings. The van der Waals surface area contributed by atoms with E-state index in [9.17, 15) is 4.79 Å². The van der Waals surface area contributed by atoms with Crippen LogP contribution in [0.3, 0.4) is 0 Å².